The molecule has 4 heteroatoms. The zero-order valence-corrected chi connectivity index (χ0v) is 13.5. The summed E-state index contributed by atoms with van der Waals surface area (Å²) in [4.78, 5) is 14.7. The molecule has 0 atom stereocenters. The summed E-state index contributed by atoms with van der Waals surface area (Å²) >= 11 is 0. The van der Waals surface area contributed by atoms with Crippen LogP contribution in [0.3, 0.4) is 0 Å². The number of hydrogen-bond acceptors (Lipinski definition) is 3. The molecular weight excluding hydrogens is 276 g/mol. The monoisotopic (exact) mass is 304 g/mol. The van der Waals surface area contributed by atoms with E-state index in [1.54, 1.807) is 0 Å². The predicted molar refractivity (Wildman–Crippen MR) is 86.8 cm³/mol. The Labute approximate surface area is 133 Å². The Morgan fingerprint density at radius 2 is 1.73 bits per heavy atom. The molecule has 3 rings (SSSR count). The molecule has 0 bridgehead atoms. The van der Waals surface area contributed by atoms with Crippen molar-refractivity contribution in [2.75, 3.05) is 13.1 Å². The summed E-state index contributed by atoms with van der Waals surface area (Å²) < 4.78 is 5.77. The molecule has 0 spiro atoms. The molecule has 0 unspecified atom stereocenters. The van der Waals surface area contributed by atoms with Gasteiger partial charge in [0.05, 0.1) is 6.54 Å². The number of hydrogen-bond donors (Lipinski definition) is 1. The van der Waals surface area contributed by atoms with Crippen molar-refractivity contribution in [1.29, 1.82) is 0 Å². The lowest BCUT2D eigenvalue weighted by atomic mass is 10.1. The lowest BCUT2D eigenvalue weighted by Crippen LogP contribution is -2.34. The van der Waals surface area contributed by atoms with Crippen molar-refractivity contribution in [3.05, 3.63) is 23.7 Å². The quantitative estimate of drug-likeness (QED) is 0.862. The molecule has 2 heterocycles. The van der Waals surface area contributed by atoms with Gasteiger partial charge in [-0.1, -0.05) is 32.1 Å². The maximum atomic E-state index is 12.3. The average molecular weight is 304 g/mol. The molecule has 1 aromatic heterocycles. The van der Waals surface area contributed by atoms with Crippen LogP contribution < -0.4 is 5.32 Å². The van der Waals surface area contributed by atoms with Gasteiger partial charge in [0.1, 0.15) is 5.76 Å². The number of rotatable bonds is 4. The SMILES string of the molecule is O=C(NC1CCCCCC1)c1ccc(CN2CCCCC2)o1. The molecule has 0 radical (unpaired) electrons. The highest BCUT2D eigenvalue weighted by atomic mass is 16.4. The van der Waals surface area contributed by atoms with Crippen LogP contribution in [-0.4, -0.2) is 29.9 Å². The van der Waals surface area contributed by atoms with E-state index in [9.17, 15) is 4.79 Å². The molecule has 1 aliphatic heterocycles. The minimum Gasteiger partial charge on any atom is -0.455 e. The van der Waals surface area contributed by atoms with Crippen LogP contribution in [0.15, 0.2) is 16.5 Å². The topological polar surface area (TPSA) is 45.5 Å². The van der Waals surface area contributed by atoms with E-state index in [1.165, 1.54) is 44.9 Å². The number of nitrogens with one attached hydrogen (secondary N) is 1. The first-order valence-electron chi connectivity index (χ1n) is 8.93. The zero-order chi connectivity index (χ0) is 15.2. The van der Waals surface area contributed by atoms with Gasteiger partial charge in [-0.3, -0.25) is 9.69 Å². The molecule has 1 aliphatic carbocycles. The fraction of sp³-hybridized carbons (Fsp3) is 0.722. The van der Waals surface area contributed by atoms with E-state index in [0.717, 1.165) is 38.2 Å². The normalized spacial score (nSPS) is 21.5. The number of nitrogens with zero attached hydrogens (tertiary/aromatic N) is 1. The Morgan fingerprint density at radius 1 is 1.05 bits per heavy atom. The van der Waals surface area contributed by atoms with Crippen molar-refractivity contribution >= 4 is 5.91 Å². The standard InChI is InChI=1S/C18H28N2O2/c21-18(19-15-8-4-1-2-5-9-15)17-11-10-16(22-17)14-20-12-6-3-7-13-20/h10-11,15H,1-9,12-14H2,(H,19,21). The van der Waals surface area contributed by atoms with Crippen LogP contribution in [-0.2, 0) is 6.54 Å². The summed E-state index contributed by atoms with van der Waals surface area (Å²) in [5, 5.41) is 3.15. The van der Waals surface area contributed by atoms with E-state index in [-0.39, 0.29) is 5.91 Å². The first kappa shape index (κ1) is 15.6. The zero-order valence-electron chi connectivity index (χ0n) is 13.5. The van der Waals surface area contributed by atoms with Gasteiger partial charge in [-0.05, 0) is 50.9 Å². The highest BCUT2D eigenvalue weighted by Gasteiger charge is 2.19. The summed E-state index contributed by atoms with van der Waals surface area (Å²) in [5.74, 6) is 1.33. The van der Waals surface area contributed by atoms with Crippen molar-refractivity contribution in [3.63, 3.8) is 0 Å². The number of furan rings is 1. The van der Waals surface area contributed by atoms with Crippen molar-refractivity contribution in [2.45, 2.75) is 70.4 Å². The second-order valence-electron chi connectivity index (χ2n) is 6.76. The first-order valence-corrected chi connectivity index (χ1v) is 8.93. The van der Waals surface area contributed by atoms with E-state index in [2.05, 4.69) is 10.2 Å². The van der Waals surface area contributed by atoms with Crippen LogP contribution in [0.2, 0.25) is 0 Å². The van der Waals surface area contributed by atoms with Gasteiger partial charge in [-0.15, -0.1) is 0 Å². The fourth-order valence-corrected chi connectivity index (χ4v) is 3.60. The minimum absolute atomic E-state index is 0.0446. The summed E-state index contributed by atoms with van der Waals surface area (Å²) in [6.45, 7) is 3.12. The third kappa shape index (κ3) is 4.35. The van der Waals surface area contributed by atoms with Crippen molar-refractivity contribution < 1.29 is 9.21 Å². The highest BCUT2D eigenvalue weighted by molar-refractivity contribution is 5.91. The van der Waals surface area contributed by atoms with E-state index >= 15 is 0 Å². The molecule has 1 saturated carbocycles. The third-order valence-corrected chi connectivity index (χ3v) is 4.90. The third-order valence-electron chi connectivity index (χ3n) is 4.90. The maximum absolute atomic E-state index is 12.3. The summed E-state index contributed by atoms with van der Waals surface area (Å²) in [5.41, 5.74) is 0. The van der Waals surface area contributed by atoms with Crippen LogP contribution in [0.4, 0.5) is 0 Å². The lowest BCUT2D eigenvalue weighted by molar-refractivity contribution is 0.0900. The van der Waals surface area contributed by atoms with Gasteiger partial charge in [0.2, 0.25) is 0 Å². The first-order chi connectivity index (χ1) is 10.8. The van der Waals surface area contributed by atoms with Crippen molar-refractivity contribution in [2.24, 2.45) is 0 Å². The average Bonchev–Trinajstić information content (AvgIpc) is 2.85. The number of amides is 1. The van der Waals surface area contributed by atoms with Crippen LogP contribution in [0.1, 0.15) is 74.1 Å². The lowest BCUT2D eigenvalue weighted by Gasteiger charge is -2.25. The maximum Gasteiger partial charge on any atom is 0.287 e. The number of likely N-dealkylation sites (tertiary alicyclic amines) is 1. The summed E-state index contributed by atoms with van der Waals surface area (Å²) in [6, 6.07) is 4.10. The molecule has 0 aromatic carbocycles. The van der Waals surface area contributed by atoms with Crippen molar-refractivity contribution in [1.82, 2.24) is 10.2 Å². The van der Waals surface area contributed by atoms with Crippen LogP contribution in [0, 0.1) is 0 Å². The molecule has 4 nitrogen and oxygen atoms in total. The van der Waals surface area contributed by atoms with Gasteiger partial charge in [0.15, 0.2) is 5.76 Å². The number of carbonyl (C=O) groups is 1. The molecule has 2 aliphatic rings. The Morgan fingerprint density at radius 3 is 2.45 bits per heavy atom. The summed E-state index contributed by atoms with van der Waals surface area (Å²) in [7, 11) is 0. The second kappa shape index (κ2) is 7.82. The van der Waals surface area contributed by atoms with E-state index < -0.39 is 0 Å². The number of piperidine rings is 1. The summed E-state index contributed by atoms with van der Waals surface area (Å²) in [6.07, 6.45) is 11.1. The second-order valence-corrected chi connectivity index (χ2v) is 6.76. The molecule has 1 saturated heterocycles. The van der Waals surface area contributed by atoms with Crippen LogP contribution in [0.5, 0.6) is 0 Å². The predicted octanol–water partition coefficient (Wildman–Crippen LogP) is 3.72. The molecular formula is C18H28N2O2. The van der Waals surface area contributed by atoms with E-state index in [1.807, 2.05) is 12.1 Å². The Hall–Kier alpha value is -1.29. The van der Waals surface area contributed by atoms with Gasteiger partial charge >= 0.3 is 0 Å². The molecule has 1 aromatic rings. The van der Waals surface area contributed by atoms with Gasteiger partial charge in [-0.25, -0.2) is 0 Å². The Balaban J connectivity index is 1.52. The molecule has 1 amide bonds. The molecule has 2 fully saturated rings. The molecule has 122 valence electrons. The highest BCUT2D eigenvalue weighted by Crippen LogP contribution is 2.19. The van der Waals surface area contributed by atoms with Crippen molar-refractivity contribution in [3.8, 4) is 0 Å². The largest absolute Gasteiger partial charge is 0.455 e. The Bertz CT molecular complexity index is 469. The number of carbonyl (C=O) groups excluding carboxylic acids is 1. The smallest absolute Gasteiger partial charge is 0.287 e. The molecule has 22 heavy (non-hydrogen) atoms. The van der Waals surface area contributed by atoms with Crippen LogP contribution >= 0.6 is 0 Å². The van der Waals surface area contributed by atoms with Gasteiger partial charge in [0, 0.05) is 6.04 Å². The Kier molecular flexibility index (Phi) is 5.54. The van der Waals surface area contributed by atoms with Gasteiger partial charge in [0.25, 0.3) is 5.91 Å². The van der Waals surface area contributed by atoms with E-state index in [4.69, 9.17) is 4.42 Å². The fourth-order valence-electron chi connectivity index (χ4n) is 3.60. The molecule has 1 N–H and O–H groups in total. The minimum atomic E-state index is -0.0446. The van der Waals surface area contributed by atoms with Gasteiger partial charge in [-0.2, -0.15) is 0 Å². The van der Waals surface area contributed by atoms with Crippen LogP contribution in [0.25, 0.3) is 0 Å². The van der Waals surface area contributed by atoms with E-state index in [0.29, 0.717) is 11.8 Å². The van der Waals surface area contributed by atoms with Gasteiger partial charge < -0.3 is 9.73 Å².